The van der Waals surface area contributed by atoms with Crippen LogP contribution in [0.1, 0.15) is 125 Å². The van der Waals surface area contributed by atoms with Crippen LogP contribution in [0.5, 0.6) is 0 Å². The third kappa shape index (κ3) is 22.3. The van der Waals surface area contributed by atoms with E-state index >= 15 is 0 Å². The Kier molecular flexibility index (Phi) is 21.1. The molecule has 0 aromatic heterocycles. The number of amides is 6. The highest BCUT2D eigenvalue weighted by atomic mass is 16.6. The molecule has 422 valence electrons. The number of carbonyl (C=O) groups excluding carboxylic acids is 6. The average molecular weight is 1050 g/mol. The van der Waals surface area contributed by atoms with Crippen LogP contribution in [0.2, 0.25) is 0 Å². The number of nitrogens with two attached hydrogens (primary N) is 2. The van der Waals surface area contributed by atoms with Crippen molar-refractivity contribution >= 4 is 59.3 Å². The van der Waals surface area contributed by atoms with Crippen molar-refractivity contribution < 1.29 is 57.2 Å². The quantitative estimate of drug-likeness (QED) is 0.211. The predicted molar refractivity (Wildman–Crippen MR) is 287 cm³/mol. The summed E-state index contributed by atoms with van der Waals surface area (Å²) >= 11 is 0. The van der Waals surface area contributed by atoms with Gasteiger partial charge in [0.05, 0.1) is 22.7 Å². The van der Waals surface area contributed by atoms with E-state index in [1.807, 2.05) is 15.9 Å². The number of ether oxygens (including phenoxy) is 6. The first-order valence-corrected chi connectivity index (χ1v) is 25.8. The zero-order valence-electron chi connectivity index (χ0n) is 48.1. The zero-order chi connectivity index (χ0) is 56.4. The van der Waals surface area contributed by atoms with E-state index in [2.05, 4.69) is 0 Å². The molecule has 2 heterocycles. The molecule has 1 aromatic rings. The number of rotatable bonds is 2. The largest absolute Gasteiger partial charge is 0.444 e. The first kappa shape index (κ1) is 62.3. The van der Waals surface area contributed by atoms with E-state index in [-0.39, 0.29) is 105 Å². The molecule has 0 spiro atoms. The molecule has 2 aliphatic rings. The lowest BCUT2D eigenvalue weighted by molar-refractivity contribution is 0.00798. The molecule has 2 aliphatic heterocycles. The highest BCUT2D eigenvalue weighted by molar-refractivity contribution is 5.83. The Balaban J connectivity index is 2.21. The number of benzene rings is 1. The minimum atomic E-state index is -0.826. The van der Waals surface area contributed by atoms with Crippen LogP contribution < -0.4 is 21.3 Å². The van der Waals surface area contributed by atoms with Crippen molar-refractivity contribution in [3.05, 3.63) is 12.1 Å². The minimum Gasteiger partial charge on any atom is -0.444 e. The monoisotopic (exact) mass is 1050 g/mol. The van der Waals surface area contributed by atoms with Gasteiger partial charge in [-0.05, 0) is 137 Å². The maximum Gasteiger partial charge on any atom is 0.410 e. The van der Waals surface area contributed by atoms with Gasteiger partial charge in [-0.1, -0.05) is 0 Å². The highest BCUT2D eigenvalue weighted by Crippen LogP contribution is 2.35. The molecule has 0 saturated carbocycles. The summed E-state index contributed by atoms with van der Waals surface area (Å²) in [4.78, 5) is 96.0. The third-order valence-corrected chi connectivity index (χ3v) is 10.9. The second-order valence-electron chi connectivity index (χ2n) is 24.7. The molecule has 3 rings (SSSR count). The van der Waals surface area contributed by atoms with Gasteiger partial charge in [0.1, 0.15) is 33.6 Å². The van der Waals surface area contributed by atoms with Gasteiger partial charge in [-0.15, -0.1) is 0 Å². The Morgan fingerprint density at radius 2 is 0.446 bits per heavy atom. The summed E-state index contributed by atoms with van der Waals surface area (Å²) in [7, 11) is 0. The molecule has 2 fully saturated rings. The Morgan fingerprint density at radius 1 is 0.297 bits per heavy atom. The van der Waals surface area contributed by atoms with Gasteiger partial charge < -0.3 is 79.1 Å². The van der Waals surface area contributed by atoms with Crippen LogP contribution in [0, 0.1) is 0 Å². The van der Waals surface area contributed by atoms with Crippen molar-refractivity contribution in [1.82, 2.24) is 29.4 Å². The molecule has 0 radical (unpaired) electrons. The second-order valence-corrected chi connectivity index (χ2v) is 24.7. The smallest absolute Gasteiger partial charge is 0.410 e. The number of hydrogen-bond donors (Lipinski definition) is 2. The Labute approximate surface area is 441 Å². The fourth-order valence-corrected chi connectivity index (χ4v) is 7.52. The van der Waals surface area contributed by atoms with Crippen LogP contribution in [0.25, 0.3) is 0 Å². The molecule has 6 amide bonds. The maximum atomic E-state index is 13.9. The van der Waals surface area contributed by atoms with E-state index in [1.165, 1.54) is 29.4 Å². The Morgan fingerprint density at radius 3 is 0.595 bits per heavy atom. The summed E-state index contributed by atoms with van der Waals surface area (Å²) in [6, 6.07) is 3.48. The minimum absolute atomic E-state index is 0.0685. The molecule has 22 nitrogen and oxygen atoms in total. The number of anilines is 4. The van der Waals surface area contributed by atoms with E-state index < -0.39 is 70.2 Å². The van der Waals surface area contributed by atoms with Gasteiger partial charge >= 0.3 is 36.6 Å². The van der Waals surface area contributed by atoms with Gasteiger partial charge in [-0.25, -0.2) is 28.8 Å². The van der Waals surface area contributed by atoms with Crippen LogP contribution in [0.3, 0.4) is 0 Å². The van der Waals surface area contributed by atoms with Gasteiger partial charge in [0, 0.05) is 105 Å². The standard InChI is InChI=1S/C52H92N10O12/c1-47(2,3)69-41(63)57-23-19-55(20-24-58(42(64)70-48(4,5)6)28-32-61(31-27-57)45(67)73-51(13,14)15)39-36-40(38(54)35-37(39)53)56-21-25-59(43(65)71-49(7,8)9)29-33-62(46(68)74-52(16,17)18)34-30-60(26-22-56)44(66)72-50(10,11)12/h35-36H,19-34,53-54H2,1-18H3. The van der Waals surface area contributed by atoms with E-state index in [0.29, 0.717) is 22.7 Å². The second kappa shape index (κ2) is 25.0. The molecular weight excluding hydrogens is 957 g/mol. The van der Waals surface area contributed by atoms with Crippen molar-refractivity contribution in [3.63, 3.8) is 0 Å². The summed E-state index contributed by atoms with van der Waals surface area (Å²) in [5.74, 6) is 0. The van der Waals surface area contributed by atoms with E-state index in [4.69, 9.17) is 39.9 Å². The molecule has 0 bridgehead atoms. The van der Waals surface area contributed by atoms with Crippen LogP contribution in [0.4, 0.5) is 51.5 Å². The summed E-state index contributed by atoms with van der Waals surface area (Å²) in [5, 5.41) is 0. The van der Waals surface area contributed by atoms with Gasteiger partial charge in [-0.2, -0.15) is 0 Å². The van der Waals surface area contributed by atoms with Crippen molar-refractivity contribution in [3.8, 4) is 0 Å². The average Bonchev–Trinajstić information content (AvgIpc) is 3.17. The van der Waals surface area contributed by atoms with Crippen molar-refractivity contribution in [2.24, 2.45) is 0 Å². The lowest BCUT2D eigenvalue weighted by Crippen LogP contribution is -2.51. The van der Waals surface area contributed by atoms with Gasteiger partial charge in [0.2, 0.25) is 0 Å². The van der Waals surface area contributed by atoms with Crippen molar-refractivity contribution in [1.29, 1.82) is 0 Å². The first-order chi connectivity index (χ1) is 33.7. The van der Waals surface area contributed by atoms with E-state index in [9.17, 15) is 28.8 Å². The van der Waals surface area contributed by atoms with Crippen LogP contribution in [-0.2, 0) is 28.4 Å². The van der Waals surface area contributed by atoms with E-state index in [1.54, 1.807) is 131 Å². The Hall–Kier alpha value is -5.96. The van der Waals surface area contributed by atoms with Crippen LogP contribution in [-0.4, -0.2) is 204 Å². The lowest BCUT2D eigenvalue weighted by atomic mass is 10.1. The summed E-state index contributed by atoms with van der Waals surface area (Å²) in [5.41, 5.74) is 10.5. The van der Waals surface area contributed by atoms with Gasteiger partial charge in [-0.3, -0.25) is 0 Å². The van der Waals surface area contributed by atoms with Crippen LogP contribution in [0.15, 0.2) is 12.1 Å². The number of hydrogen-bond acceptors (Lipinski definition) is 16. The fourth-order valence-electron chi connectivity index (χ4n) is 7.52. The molecule has 0 atom stereocenters. The normalized spacial score (nSPS) is 17.2. The fraction of sp³-hybridized carbons (Fsp3) is 0.769. The summed E-state index contributed by atoms with van der Waals surface area (Å²) in [6.07, 6.45) is -3.54. The molecule has 2 saturated heterocycles. The van der Waals surface area contributed by atoms with E-state index in [0.717, 1.165) is 0 Å². The Bertz CT molecular complexity index is 1850. The van der Waals surface area contributed by atoms with Crippen LogP contribution >= 0.6 is 0 Å². The lowest BCUT2D eigenvalue weighted by Gasteiger charge is -2.38. The molecule has 74 heavy (non-hydrogen) atoms. The number of nitrogens with zero attached hydrogens (tertiary/aromatic N) is 8. The first-order valence-electron chi connectivity index (χ1n) is 25.8. The van der Waals surface area contributed by atoms with Gasteiger partial charge in [0.25, 0.3) is 0 Å². The molecule has 0 aliphatic carbocycles. The van der Waals surface area contributed by atoms with Gasteiger partial charge in [0.15, 0.2) is 0 Å². The molecule has 22 heteroatoms. The SMILES string of the molecule is CC(C)(C)OC(=O)N1CCN(C(=O)OC(C)(C)C)CCN(c2cc(N3CCN(C(=O)OC(C)(C)C)CCN(C(=O)OC(C)(C)C)CCN(C(=O)OC(C)(C)C)CC3)c(N)cc2N)CCN(C(=O)OC(C)(C)C)CC1. The third-order valence-electron chi connectivity index (χ3n) is 10.9. The molecule has 1 aromatic carbocycles. The van der Waals surface area contributed by atoms with Crippen molar-refractivity contribution in [2.45, 2.75) is 158 Å². The summed E-state index contributed by atoms with van der Waals surface area (Å²) in [6.45, 7) is 33.7. The molecular formula is C52H92N10O12. The highest BCUT2D eigenvalue weighted by Gasteiger charge is 2.33. The molecule has 0 unspecified atom stereocenters. The van der Waals surface area contributed by atoms with Crippen molar-refractivity contribution in [2.75, 3.05) is 126 Å². The number of nitrogen functional groups attached to an aromatic ring is 2. The number of carbonyl (C=O) groups is 6. The topological polar surface area (TPSA) is 236 Å². The zero-order valence-corrected chi connectivity index (χ0v) is 48.1. The molecule has 4 N–H and O–H groups in total. The predicted octanol–water partition coefficient (Wildman–Crippen LogP) is 7.91. The maximum absolute atomic E-state index is 13.9. The summed E-state index contributed by atoms with van der Waals surface area (Å²) < 4.78 is 35.0.